The molecule has 0 amide bonds. The van der Waals surface area contributed by atoms with Crippen molar-refractivity contribution in [2.45, 2.75) is 49.0 Å². The lowest BCUT2D eigenvalue weighted by Crippen LogP contribution is -2.37. The second-order valence-corrected chi connectivity index (χ2v) is 7.62. The van der Waals surface area contributed by atoms with Crippen molar-refractivity contribution in [2.24, 2.45) is 0 Å². The third-order valence-electron chi connectivity index (χ3n) is 3.75. The van der Waals surface area contributed by atoms with E-state index >= 15 is 0 Å². The van der Waals surface area contributed by atoms with Gasteiger partial charge in [-0.3, -0.25) is 0 Å². The summed E-state index contributed by atoms with van der Waals surface area (Å²) < 4.78 is 62.5. The lowest BCUT2D eigenvalue weighted by atomic mass is 9.97. The van der Waals surface area contributed by atoms with Gasteiger partial charge in [0.1, 0.15) is 0 Å². The number of aliphatic hydroxyl groups is 1. The Bertz CT molecular complexity index is 596. The molecular formula is C14H17F3O3S. The zero-order valence-corrected chi connectivity index (χ0v) is 12.1. The van der Waals surface area contributed by atoms with Gasteiger partial charge in [0.2, 0.25) is 0 Å². The molecule has 0 heterocycles. The molecule has 0 bridgehead atoms. The van der Waals surface area contributed by atoms with Crippen molar-refractivity contribution in [3.8, 4) is 0 Å². The zero-order chi connectivity index (χ0) is 15.7. The van der Waals surface area contributed by atoms with Crippen LogP contribution < -0.4 is 0 Å². The molecule has 1 aliphatic carbocycles. The van der Waals surface area contributed by atoms with E-state index in [-0.39, 0.29) is 5.56 Å². The van der Waals surface area contributed by atoms with Crippen LogP contribution in [0.3, 0.4) is 0 Å². The lowest BCUT2D eigenvalue weighted by molar-refractivity contribution is -0.137. The monoisotopic (exact) mass is 322 g/mol. The van der Waals surface area contributed by atoms with Gasteiger partial charge in [-0.2, -0.15) is 13.2 Å². The number of benzene rings is 1. The van der Waals surface area contributed by atoms with E-state index in [1.54, 1.807) is 0 Å². The van der Waals surface area contributed by atoms with Crippen molar-refractivity contribution in [1.82, 2.24) is 0 Å². The minimum absolute atomic E-state index is 0.0996. The molecule has 21 heavy (non-hydrogen) atoms. The Morgan fingerprint density at radius 3 is 2.48 bits per heavy atom. The van der Waals surface area contributed by atoms with Crippen molar-refractivity contribution in [2.75, 3.05) is 0 Å². The van der Waals surface area contributed by atoms with Gasteiger partial charge >= 0.3 is 6.18 Å². The summed E-state index contributed by atoms with van der Waals surface area (Å²) in [4.78, 5) is 0. The first-order chi connectivity index (χ1) is 9.70. The van der Waals surface area contributed by atoms with E-state index in [4.69, 9.17) is 0 Å². The van der Waals surface area contributed by atoms with Crippen LogP contribution in [0.5, 0.6) is 0 Å². The zero-order valence-electron chi connectivity index (χ0n) is 11.3. The molecule has 1 aliphatic rings. The van der Waals surface area contributed by atoms with Crippen LogP contribution in [0.1, 0.15) is 36.8 Å². The Kier molecular flexibility index (Phi) is 4.63. The van der Waals surface area contributed by atoms with Gasteiger partial charge < -0.3 is 5.11 Å². The van der Waals surface area contributed by atoms with E-state index in [1.165, 1.54) is 12.1 Å². The first kappa shape index (κ1) is 16.3. The molecule has 3 nitrogen and oxygen atoms in total. The maximum absolute atomic E-state index is 12.6. The van der Waals surface area contributed by atoms with Crippen LogP contribution in [0, 0.1) is 0 Å². The predicted molar refractivity (Wildman–Crippen MR) is 72.3 cm³/mol. The average Bonchev–Trinajstić information content (AvgIpc) is 2.37. The second kappa shape index (κ2) is 5.96. The average molecular weight is 322 g/mol. The fourth-order valence-corrected chi connectivity index (χ4v) is 4.67. The molecule has 7 heteroatoms. The van der Waals surface area contributed by atoms with Gasteiger partial charge in [-0.05, 0) is 24.5 Å². The van der Waals surface area contributed by atoms with E-state index in [2.05, 4.69) is 0 Å². The third-order valence-corrected chi connectivity index (χ3v) is 5.96. The molecule has 0 aliphatic heterocycles. The topological polar surface area (TPSA) is 54.4 Å². The van der Waals surface area contributed by atoms with Crippen molar-refractivity contribution >= 4 is 9.84 Å². The van der Waals surface area contributed by atoms with Gasteiger partial charge in [-0.1, -0.05) is 31.0 Å². The second-order valence-electron chi connectivity index (χ2n) is 5.40. The van der Waals surface area contributed by atoms with E-state index in [1.807, 2.05) is 0 Å². The molecule has 0 unspecified atom stereocenters. The summed E-state index contributed by atoms with van der Waals surface area (Å²) in [6, 6.07) is 4.32. The summed E-state index contributed by atoms with van der Waals surface area (Å²) in [5.74, 6) is -0.474. The van der Waals surface area contributed by atoms with Gasteiger partial charge in [0, 0.05) is 0 Å². The summed E-state index contributed by atoms with van der Waals surface area (Å²) in [6.07, 6.45) is -3.14. The normalized spacial score (nSPS) is 24.0. The van der Waals surface area contributed by atoms with E-state index in [0.717, 1.165) is 18.6 Å². The number of aliphatic hydroxyl groups excluding tert-OH is 1. The molecule has 2 atom stereocenters. The molecule has 0 saturated heterocycles. The molecule has 1 aromatic rings. The molecule has 0 aromatic heterocycles. The number of sulfone groups is 1. The van der Waals surface area contributed by atoms with Crippen molar-refractivity contribution in [3.63, 3.8) is 0 Å². The van der Waals surface area contributed by atoms with Gasteiger partial charge in [0.05, 0.1) is 22.7 Å². The van der Waals surface area contributed by atoms with Crippen LogP contribution in [0.2, 0.25) is 0 Å². The van der Waals surface area contributed by atoms with Crippen LogP contribution in [0.15, 0.2) is 24.3 Å². The minimum atomic E-state index is -4.50. The molecule has 1 saturated carbocycles. The molecule has 0 radical (unpaired) electrons. The van der Waals surface area contributed by atoms with Crippen LogP contribution in [0.4, 0.5) is 13.2 Å². The molecule has 0 spiro atoms. The maximum Gasteiger partial charge on any atom is 0.416 e. The Morgan fingerprint density at radius 1 is 1.19 bits per heavy atom. The predicted octanol–water partition coefficient (Wildman–Crippen LogP) is 2.92. The van der Waals surface area contributed by atoms with Gasteiger partial charge in [0.25, 0.3) is 0 Å². The highest BCUT2D eigenvalue weighted by molar-refractivity contribution is 7.91. The molecule has 1 fully saturated rings. The van der Waals surface area contributed by atoms with E-state index in [9.17, 15) is 26.7 Å². The van der Waals surface area contributed by atoms with Crippen molar-refractivity contribution < 1.29 is 26.7 Å². The standard InChI is InChI=1S/C14H17F3O3S/c15-14(16,17)11-5-3-4-10(8-11)9-21(19,20)13-7-2-1-6-12(13)18/h3-5,8,12-13,18H,1-2,6-7,9H2/t12-,13-/m0/s1. The number of halogens is 3. The van der Waals surface area contributed by atoms with Gasteiger partial charge in [-0.25, -0.2) is 8.42 Å². The van der Waals surface area contributed by atoms with Crippen molar-refractivity contribution in [3.05, 3.63) is 35.4 Å². The Morgan fingerprint density at radius 2 is 1.86 bits per heavy atom. The Hall–Kier alpha value is -1.08. The smallest absolute Gasteiger partial charge is 0.392 e. The molecule has 1 aromatic carbocycles. The van der Waals surface area contributed by atoms with Gasteiger partial charge in [-0.15, -0.1) is 0 Å². The number of hydrogen-bond acceptors (Lipinski definition) is 3. The quantitative estimate of drug-likeness (QED) is 0.931. The number of alkyl halides is 3. The number of rotatable bonds is 3. The summed E-state index contributed by atoms with van der Waals surface area (Å²) in [6.45, 7) is 0. The third kappa shape index (κ3) is 3.97. The van der Waals surface area contributed by atoms with Crippen LogP contribution >= 0.6 is 0 Å². The summed E-state index contributed by atoms with van der Waals surface area (Å²) in [5.41, 5.74) is -0.762. The van der Waals surface area contributed by atoms with Crippen molar-refractivity contribution in [1.29, 1.82) is 0 Å². The van der Waals surface area contributed by atoms with Gasteiger partial charge in [0.15, 0.2) is 9.84 Å². The molecule has 118 valence electrons. The summed E-state index contributed by atoms with van der Waals surface area (Å²) in [5, 5.41) is 8.93. The Balaban J connectivity index is 2.20. The van der Waals surface area contributed by atoms with E-state index in [0.29, 0.717) is 19.3 Å². The fourth-order valence-electron chi connectivity index (χ4n) is 2.67. The summed E-state index contributed by atoms with van der Waals surface area (Å²) >= 11 is 0. The first-order valence-corrected chi connectivity index (χ1v) is 8.47. The van der Waals surface area contributed by atoms with Crippen LogP contribution in [0.25, 0.3) is 0 Å². The molecule has 2 rings (SSSR count). The highest BCUT2D eigenvalue weighted by atomic mass is 32.2. The largest absolute Gasteiger partial charge is 0.416 e. The Labute approximate surface area is 121 Å². The summed E-state index contributed by atoms with van der Waals surface area (Å²) in [7, 11) is -3.67. The molecule has 1 N–H and O–H groups in total. The lowest BCUT2D eigenvalue weighted by Gasteiger charge is -2.27. The van der Waals surface area contributed by atoms with E-state index < -0.39 is 38.7 Å². The maximum atomic E-state index is 12.6. The minimum Gasteiger partial charge on any atom is -0.392 e. The fraction of sp³-hybridized carbons (Fsp3) is 0.571. The van der Waals surface area contributed by atoms with Crippen LogP contribution in [-0.4, -0.2) is 24.9 Å². The first-order valence-electron chi connectivity index (χ1n) is 6.76. The van der Waals surface area contributed by atoms with Crippen LogP contribution in [-0.2, 0) is 21.8 Å². The highest BCUT2D eigenvalue weighted by Crippen LogP contribution is 2.31. The highest BCUT2D eigenvalue weighted by Gasteiger charge is 2.35. The molecular weight excluding hydrogens is 305 g/mol. The SMILES string of the molecule is O=S(=O)(Cc1cccc(C(F)(F)F)c1)[C@H]1CCCC[C@@H]1O. The number of hydrogen-bond donors (Lipinski definition) is 1.